The highest BCUT2D eigenvalue weighted by Crippen LogP contribution is 2.37. The van der Waals surface area contributed by atoms with E-state index >= 15 is 0 Å². The first kappa shape index (κ1) is 36.4. The summed E-state index contributed by atoms with van der Waals surface area (Å²) in [5.74, 6) is 2.38. The highest BCUT2D eigenvalue weighted by Gasteiger charge is 2.25. The summed E-state index contributed by atoms with van der Waals surface area (Å²) in [6, 6.07) is 5.93. The van der Waals surface area contributed by atoms with Gasteiger partial charge in [-0.3, -0.25) is 0 Å². The first-order valence-corrected chi connectivity index (χ1v) is 23.7. The van der Waals surface area contributed by atoms with Crippen LogP contribution in [0.3, 0.4) is 0 Å². The van der Waals surface area contributed by atoms with Gasteiger partial charge >= 0.3 is 0 Å². The Labute approximate surface area is 236 Å². The molecule has 0 amide bonds. The van der Waals surface area contributed by atoms with E-state index in [9.17, 15) is 0 Å². The van der Waals surface area contributed by atoms with Gasteiger partial charge in [0.05, 0.1) is 29.0 Å². The summed E-state index contributed by atoms with van der Waals surface area (Å²) in [4.78, 5) is 0. The maximum absolute atomic E-state index is 6.38. The van der Waals surface area contributed by atoms with E-state index in [-0.39, 0.29) is 0 Å². The fraction of sp³-hybridized carbons (Fsp3) is 1.00. The van der Waals surface area contributed by atoms with Crippen molar-refractivity contribution < 1.29 is 9.47 Å². The third kappa shape index (κ3) is 21.0. The second-order valence-corrected chi connectivity index (χ2v) is 21.3. The monoisotopic (exact) mass is 582 g/mol. The van der Waals surface area contributed by atoms with E-state index in [1.54, 1.807) is 0 Å². The Hall–Kier alpha value is 1.40. The van der Waals surface area contributed by atoms with E-state index in [4.69, 9.17) is 9.47 Å². The summed E-state index contributed by atoms with van der Waals surface area (Å²) in [5.41, 5.74) is 1.11. The van der Waals surface area contributed by atoms with Gasteiger partial charge in [0.25, 0.3) is 0 Å². The minimum atomic E-state index is -0.845. The van der Waals surface area contributed by atoms with Crippen molar-refractivity contribution in [1.82, 2.24) is 0 Å². The van der Waals surface area contributed by atoms with Crippen LogP contribution in [0.4, 0.5) is 0 Å². The highest BCUT2D eigenvalue weighted by molar-refractivity contribution is 9.09. The van der Waals surface area contributed by atoms with Gasteiger partial charge in [0.2, 0.25) is 0 Å². The van der Waals surface area contributed by atoms with Crippen LogP contribution in [0.1, 0.15) is 119 Å². The Bertz CT molecular complexity index is 366. The van der Waals surface area contributed by atoms with Gasteiger partial charge in [0.1, 0.15) is 0 Å². The summed E-state index contributed by atoms with van der Waals surface area (Å²) in [5, 5.41) is 0. The maximum atomic E-state index is 6.38. The molecule has 2 nitrogen and oxygen atoms in total. The van der Waals surface area contributed by atoms with Crippen LogP contribution in [0.15, 0.2) is 0 Å². The topological polar surface area (TPSA) is 18.5 Å². The van der Waals surface area contributed by atoms with E-state index < -0.39 is 17.6 Å². The van der Waals surface area contributed by atoms with Crippen LogP contribution in [-0.4, -0.2) is 53.8 Å². The molecular weight excluding hydrogens is 521 g/mol. The fourth-order valence-corrected chi connectivity index (χ4v) is 18.4. The molecule has 0 spiro atoms. The molecule has 0 saturated heterocycles. The van der Waals surface area contributed by atoms with Crippen molar-refractivity contribution in [2.24, 2.45) is 0 Å². The molecule has 35 heavy (non-hydrogen) atoms. The van der Waals surface area contributed by atoms with Gasteiger partial charge in [-0.2, -0.15) is 0 Å². The SMILES string of the molecule is CCCCC[SiH](CCCCC)C(CSSSCC(OCC)[SiH](CCCCC)CCCCC)OCC. The maximum Gasteiger partial charge on any atom is 0.0728 e. The average Bonchev–Trinajstić information content (AvgIpc) is 2.86. The minimum Gasteiger partial charge on any atom is -0.381 e. The molecule has 0 bridgehead atoms. The second-order valence-electron chi connectivity index (χ2n) is 10.1. The van der Waals surface area contributed by atoms with Crippen LogP contribution in [-0.2, 0) is 9.47 Å². The molecule has 0 aromatic carbocycles. The molecule has 0 aliphatic rings. The number of rotatable bonds is 28. The molecule has 0 aromatic rings. The third-order valence-electron chi connectivity index (χ3n) is 7.09. The molecule has 2 unspecified atom stereocenters. The molecule has 0 fully saturated rings. The average molecular weight is 583 g/mol. The Morgan fingerprint density at radius 1 is 0.486 bits per heavy atom. The van der Waals surface area contributed by atoms with Crippen LogP contribution < -0.4 is 0 Å². The number of ether oxygens (including phenoxy) is 2. The van der Waals surface area contributed by atoms with Crippen molar-refractivity contribution in [1.29, 1.82) is 0 Å². The van der Waals surface area contributed by atoms with Crippen LogP contribution in [0.5, 0.6) is 0 Å². The summed E-state index contributed by atoms with van der Waals surface area (Å²) in [6.45, 7) is 15.5. The molecule has 0 radical (unpaired) electrons. The van der Waals surface area contributed by atoms with Gasteiger partial charge in [-0.25, -0.2) is 0 Å². The summed E-state index contributed by atoms with van der Waals surface area (Å²) in [6.07, 6.45) is 16.6. The van der Waals surface area contributed by atoms with Gasteiger partial charge in [-0.05, 0) is 23.7 Å². The Morgan fingerprint density at radius 2 is 0.800 bits per heavy atom. The molecule has 212 valence electrons. The van der Waals surface area contributed by atoms with Crippen LogP contribution in [0.25, 0.3) is 0 Å². The van der Waals surface area contributed by atoms with Crippen molar-refractivity contribution in [3.8, 4) is 0 Å². The predicted molar refractivity (Wildman–Crippen MR) is 175 cm³/mol. The van der Waals surface area contributed by atoms with Crippen molar-refractivity contribution in [3.05, 3.63) is 0 Å². The van der Waals surface area contributed by atoms with Crippen molar-refractivity contribution in [2.45, 2.75) is 154 Å². The molecule has 0 aliphatic heterocycles. The molecule has 0 N–H and O–H groups in total. The molecular formula is C28H62O2S3Si2. The first-order chi connectivity index (χ1) is 17.2. The van der Waals surface area contributed by atoms with Crippen molar-refractivity contribution >= 4 is 49.0 Å². The van der Waals surface area contributed by atoms with E-state index in [0.29, 0.717) is 11.5 Å². The zero-order chi connectivity index (χ0) is 26.0. The van der Waals surface area contributed by atoms with Crippen LogP contribution >= 0.6 is 31.4 Å². The molecule has 0 heterocycles. The van der Waals surface area contributed by atoms with Gasteiger partial charge in [0.15, 0.2) is 0 Å². The first-order valence-electron chi connectivity index (χ1n) is 15.3. The van der Waals surface area contributed by atoms with E-state index in [2.05, 4.69) is 63.1 Å². The largest absolute Gasteiger partial charge is 0.381 e. The molecule has 0 aliphatic carbocycles. The number of hydrogen-bond acceptors (Lipinski definition) is 5. The Balaban J connectivity index is 4.71. The lowest BCUT2D eigenvalue weighted by Gasteiger charge is -2.27. The van der Waals surface area contributed by atoms with Crippen LogP contribution in [0, 0.1) is 0 Å². The van der Waals surface area contributed by atoms with Crippen molar-refractivity contribution in [2.75, 3.05) is 24.7 Å². The predicted octanol–water partition coefficient (Wildman–Crippen LogP) is 10.1. The zero-order valence-corrected chi connectivity index (χ0v) is 29.3. The molecule has 7 heteroatoms. The lowest BCUT2D eigenvalue weighted by atomic mass is 10.3. The van der Waals surface area contributed by atoms with E-state index in [1.807, 2.05) is 9.83 Å². The minimum absolute atomic E-state index is 0.555. The molecule has 2 atom stereocenters. The second kappa shape index (κ2) is 28.4. The zero-order valence-electron chi connectivity index (χ0n) is 24.5. The smallest absolute Gasteiger partial charge is 0.0728 e. The summed E-state index contributed by atoms with van der Waals surface area (Å²) < 4.78 is 12.8. The standard InChI is InChI=1S/C28H62O2S3Si2/c1-7-13-17-21-34(22-18-14-8-2)27(29-11-5)25-31-33-32-26-28(30-12-6)35(23-19-15-9-3)24-20-16-10-4/h27-28,34-35H,7-26H2,1-6H3. The van der Waals surface area contributed by atoms with Gasteiger partial charge in [0, 0.05) is 24.7 Å². The van der Waals surface area contributed by atoms with Crippen LogP contribution in [0.2, 0.25) is 24.2 Å². The van der Waals surface area contributed by atoms with Gasteiger partial charge < -0.3 is 9.47 Å². The highest BCUT2D eigenvalue weighted by atomic mass is 33.5. The third-order valence-corrected chi connectivity index (χ3v) is 19.6. The normalized spacial score (nSPS) is 13.7. The van der Waals surface area contributed by atoms with E-state index in [1.165, 1.54) is 113 Å². The quantitative estimate of drug-likeness (QED) is 0.0517. The molecule has 0 saturated carbocycles. The summed E-state index contributed by atoms with van der Waals surface area (Å²) >= 11 is 0. The fourth-order valence-electron chi connectivity index (χ4n) is 4.95. The Kier molecular flexibility index (Phi) is 29.6. The Morgan fingerprint density at radius 3 is 1.06 bits per heavy atom. The number of hydrogen-bond donors (Lipinski definition) is 0. The van der Waals surface area contributed by atoms with Gasteiger partial charge in [-0.1, -0.05) is 151 Å². The lowest BCUT2D eigenvalue weighted by Crippen LogP contribution is -2.36. The molecule has 0 rings (SSSR count). The summed E-state index contributed by atoms with van der Waals surface area (Å²) in [7, 11) is 4.48. The van der Waals surface area contributed by atoms with E-state index in [0.717, 1.165) is 13.2 Å². The van der Waals surface area contributed by atoms with Gasteiger partial charge in [-0.15, -0.1) is 0 Å². The van der Waals surface area contributed by atoms with Crippen molar-refractivity contribution in [3.63, 3.8) is 0 Å². The lowest BCUT2D eigenvalue weighted by molar-refractivity contribution is 0.128. The number of unbranched alkanes of at least 4 members (excludes halogenated alkanes) is 8. The molecule has 0 aromatic heterocycles.